The molecule has 1 atom stereocenters. The number of alkyl halides is 3. The molecule has 0 aliphatic carbocycles. The molecule has 3 nitrogen and oxygen atoms in total. The van der Waals surface area contributed by atoms with E-state index in [1.54, 1.807) is 12.1 Å². The predicted octanol–water partition coefficient (Wildman–Crippen LogP) is 9.14. The number of ether oxygens (including phenoxy) is 1. The van der Waals surface area contributed by atoms with Gasteiger partial charge in [0.2, 0.25) is 5.88 Å². The van der Waals surface area contributed by atoms with Crippen molar-refractivity contribution in [2.24, 2.45) is 0 Å². The van der Waals surface area contributed by atoms with Crippen molar-refractivity contribution in [3.8, 4) is 28.2 Å². The van der Waals surface area contributed by atoms with Gasteiger partial charge in [-0.25, -0.2) is 16.1 Å². The van der Waals surface area contributed by atoms with Crippen LogP contribution < -0.4 is 4.74 Å². The number of halogens is 3. The molecule has 38 heavy (non-hydrogen) atoms. The largest absolute Gasteiger partial charge is 2.00 e. The third-order valence-corrected chi connectivity index (χ3v) is 8.42. The first-order valence-electron chi connectivity index (χ1n) is 11.5. The zero-order valence-corrected chi connectivity index (χ0v) is 23.0. The second-order valence-corrected chi connectivity index (χ2v) is 10.6. The molecule has 190 valence electrons. The van der Waals surface area contributed by atoms with Crippen LogP contribution in [0, 0.1) is 19.1 Å². The maximum Gasteiger partial charge on any atom is 2.00 e. The third kappa shape index (κ3) is 4.99. The molecule has 1 unspecified atom stereocenters. The monoisotopic (exact) mass is 705 g/mol. The third-order valence-electron chi connectivity index (χ3n) is 6.05. The molecule has 0 N–H and O–H groups in total. The molecule has 0 saturated heterocycles. The van der Waals surface area contributed by atoms with Gasteiger partial charge in [-0.15, -0.1) is 18.2 Å². The molecule has 3 aromatic carbocycles. The number of hydrogen-bond donors (Lipinski definition) is 0. The quantitative estimate of drug-likeness (QED) is 0.172. The number of rotatable bonds is 4. The Labute approximate surface area is 232 Å². The molecule has 6 rings (SSSR count). The Kier molecular flexibility index (Phi) is 7.13. The Morgan fingerprint density at radius 2 is 1.58 bits per heavy atom. The van der Waals surface area contributed by atoms with Crippen molar-refractivity contribution in [2.45, 2.75) is 13.1 Å². The van der Waals surface area contributed by atoms with Crippen LogP contribution in [0.5, 0.6) is 11.6 Å². The Hall–Kier alpha value is -3.46. The van der Waals surface area contributed by atoms with Crippen molar-refractivity contribution in [2.75, 3.05) is 0 Å². The molecule has 0 amide bonds. The van der Waals surface area contributed by atoms with E-state index in [4.69, 9.17) is 9.72 Å². The van der Waals surface area contributed by atoms with E-state index in [0.717, 1.165) is 51.0 Å². The van der Waals surface area contributed by atoms with Crippen molar-refractivity contribution in [3.05, 3.63) is 115 Å². The molecule has 0 saturated carbocycles. The predicted molar refractivity (Wildman–Crippen MR) is 140 cm³/mol. The van der Waals surface area contributed by atoms with E-state index in [1.807, 2.05) is 36.5 Å². The van der Waals surface area contributed by atoms with Crippen LogP contribution in [0.2, 0.25) is 0 Å². The number of nitrogens with zero attached hydrogens (tertiary/aromatic N) is 2. The first-order valence-corrected chi connectivity index (χ1v) is 12.8. The number of aromatic nitrogens is 2. The van der Waals surface area contributed by atoms with E-state index in [2.05, 4.69) is 48.3 Å². The molecule has 8 heteroatoms. The number of benzene rings is 3. The molecule has 0 fully saturated rings. The second kappa shape index (κ2) is 10.4. The van der Waals surface area contributed by atoms with Gasteiger partial charge < -0.3 is 4.74 Å². The molecule has 0 spiro atoms. The molecular weight excluding hydrogens is 687 g/mol. The van der Waals surface area contributed by atoms with Crippen LogP contribution >= 0.6 is 7.53 Å². The van der Waals surface area contributed by atoms with Gasteiger partial charge in [0.05, 0.1) is 11.0 Å². The molecule has 0 aliphatic heterocycles. The summed E-state index contributed by atoms with van der Waals surface area (Å²) in [6.07, 6.45) is -1.56. The van der Waals surface area contributed by atoms with Crippen LogP contribution in [0.15, 0.2) is 91.3 Å². The standard InChI is InChI=1S/C30H18F3N2OP.Pt/c1-19-11-13-35-29(15-19)37-26-8-3-2-7-24(26)25-10-9-21(17-27(25)37)20-5-4-6-23(16-20)36-28-18-22(12-14-34-28)30(31,32)33;/h2-15,18H,1H3;/q-2;+2. The average Bonchev–Trinajstić information content (AvgIpc) is 3.22. The number of hydrogen-bond acceptors (Lipinski definition) is 3. The van der Waals surface area contributed by atoms with Gasteiger partial charge in [-0.3, -0.25) is 4.98 Å². The molecule has 3 aromatic heterocycles. The van der Waals surface area contributed by atoms with E-state index in [0.29, 0.717) is 0 Å². The van der Waals surface area contributed by atoms with Crippen LogP contribution in [0.3, 0.4) is 0 Å². The zero-order chi connectivity index (χ0) is 25.6. The molecule has 3 heterocycles. The van der Waals surface area contributed by atoms with Gasteiger partial charge in [0, 0.05) is 24.2 Å². The first kappa shape index (κ1) is 26.2. The summed E-state index contributed by atoms with van der Waals surface area (Å²) >= 11 is 0. The number of pyridine rings is 2. The van der Waals surface area contributed by atoms with Gasteiger partial charge in [-0.1, -0.05) is 42.3 Å². The number of fused-ring (bicyclic) bond motifs is 3. The van der Waals surface area contributed by atoms with Crippen LogP contribution in [0.1, 0.15) is 11.1 Å². The van der Waals surface area contributed by atoms with Crippen LogP contribution in [0.4, 0.5) is 13.2 Å². The minimum absolute atomic E-state index is 0. The fourth-order valence-electron chi connectivity index (χ4n) is 4.35. The fourth-order valence-corrected chi connectivity index (χ4v) is 6.92. The fraction of sp³-hybridized carbons (Fsp3) is 0.0667. The van der Waals surface area contributed by atoms with Crippen LogP contribution in [-0.2, 0) is 27.2 Å². The van der Waals surface area contributed by atoms with Gasteiger partial charge in [-0.05, 0) is 41.2 Å². The summed E-state index contributed by atoms with van der Waals surface area (Å²) in [7, 11) is -0.885. The molecule has 6 aromatic rings. The van der Waals surface area contributed by atoms with E-state index >= 15 is 0 Å². The van der Waals surface area contributed by atoms with E-state index in [9.17, 15) is 13.2 Å². The maximum atomic E-state index is 13.1. The van der Waals surface area contributed by atoms with E-state index < -0.39 is 19.3 Å². The van der Waals surface area contributed by atoms with Crippen molar-refractivity contribution in [1.29, 1.82) is 0 Å². The minimum atomic E-state index is -4.48. The maximum absolute atomic E-state index is 13.1. The van der Waals surface area contributed by atoms with E-state index in [-0.39, 0.29) is 32.7 Å². The van der Waals surface area contributed by atoms with Crippen molar-refractivity contribution in [1.82, 2.24) is 9.97 Å². The molecular formula is C30H18F3N2OPPt. The van der Waals surface area contributed by atoms with Crippen LogP contribution in [0.25, 0.3) is 37.6 Å². The Balaban J connectivity index is 0.00000294. The second-order valence-electron chi connectivity index (χ2n) is 8.59. The Morgan fingerprint density at radius 1 is 0.789 bits per heavy atom. The van der Waals surface area contributed by atoms with Crippen molar-refractivity contribution >= 4 is 28.5 Å². The molecule has 0 bridgehead atoms. The molecule has 0 radical (unpaired) electrons. The summed E-state index contributed by atoms with van der Waals surface area (Å²) in [4.78, 5) is 8.62. The minimum Gasteiger partial charge on any atom is -0.460 e. The summed E-state index contributed by atoms with van der Waals surface area (Å²) in [5, 5.41) is 4.66. The van der Waals surface area contributed by atoms with Gasteiger partial charge in [-0.2, -0.15) is 37.4 Å². The summed E-state index contributed by atoms with van der Waals surface area (Å²) in [5.41, 5.74) is 2.88. The summed E-state index contributed by atoms with van der Waals surface area (Å²) in [6, 6.07) is 30.4. The summed E-state index contributed by atoms with van der Waals surface area (Å²) in [6.45, 7) is 2.06. The van der Waals surface area contributed by atoms with Gasteiger partial charge in [0.1, 0.15) is 0 Å². The van der Waals surface area contributed by atoms with Crippen LogP contribution in [-0.4, -0.2) is 9.97 Å². The van der Waals surface area contributed by atoms with Crippen molar-refractivity contribution in [3.63, 3.8) is 0 Å². The topological polar surface area (TPSA) is 35.0 Å². The number of aryl methyl sites for hydroxylation is 1. The van der Waals surface area contributed by atoms with Gasteiger partial charge in [0.25, 0.3) is 0 Å². The Bertz CT molecular complexity index is 1780. The Morgan fingerprint density at radius 3 is 2.39 bits per heavy atom. The van der Waals surface area contributed by atoms with E-state index in [1.165, 1.54) is 10.5 Å². The normalized spacial score (nSPS) is 11.9. The SMILES string of the molecule is Cc1ccnc(-p2c3[c-]c(-c4[c-]c(Oc5cc(C(F)(F)F)ccn5)ccc4)ccc3c3ccccc32)c1.[Pt+2]. The summed E-state index contributed by atoms with van der Waals surface area (Å²) in [5.74, 6) is 0.120. The van der Waals surface area contributed by atoms with Gasteiger partial charge >= 0.3 is 27.2 Å². The average molecular weight is 706 g/mol. The molecule has 0 aliphatic rings. The summed E-state index contributed by atoms with van der Waals surface area (Å²) < 4.78 is 44.9. The first-order chi connectivity index (χ1) is 17.9. The zero-order valence-electron chi connectivity index (χ0n) is 19.9. The van der Waals surface area contributed by atoms with Gasteiger partial charge in [0.15, 0.2) is 0 Å². The smallest absolute Gasteiger partial charge is 0.460 e. The van der Waals surface area contributed by atoms with Crippen molar-refractivity contribution < 1.29 is 39.0 Å².